The number of rotatable bonds is 3. The van der Waals surface area contributed by atoms with Gasteiger partial charge in [0.15, 0.2) is 0 Å². The van der Waals surface area contributed by atoms with E-state index in [0.717, 1.165) is 13.1 Å². The summed E-state index contributed by atoms with van der Waals surface area (Å²) in [4.78, 5) is 0. The fourth-order valence-electron chi connectivity index (χ4n) is 7.60. The first kappa shape index (κ1) is 17.3. The maximum atomic E-state index is 5.07. The topological polar surface area (TPSA) is 35.6 Å². The number of hydrogen-bond acceptors (Lipinski definition) is 2. The zero-order valence-corrected chi connectivity index (χ0v) is 18.3. The number of nitrogens with zero attached hydrogens (tertiary/aromatic N) is 4. The Bertz CT molecular complexity index is 912. The summed E-state index contributed by atoms with van der Waals surface area (Å²) in [6, 6.07) is 0. The molecular formula is C24H34N4. The highest BCUT2D eigenvalue weighted by atomic mass is 15.3. The third-order valence-corrected chi connectivity index (χ3v) is 10.4. The van der Waals surface area contributed by atoms with E-state index >= 15 is 0 Å². The number of aryl methyl sites for hydroxylation is 2. The molecule has 2 heterocycles. The van der Waals surface area contributed by atoms with E-state index in [9.17, 15) is 0 Å². The first-order chi connectivity index (χ1) is 13.1. The van der Waals surface area contributed by atoms with Crippen molar-refractivity contribution in [2.24, 2.45) is 10.8 Å². The van der Waals surface area contributed by atoms with Crippen LogP contribution >= 0.6 is 0 Å². The fraction of sp³-hybridized carbons (Fsp3) is 0.750. The molecule has 2 aromatic rings. The van der Waals surface area contributed by atoms with Crippen LogP contribution in [0.3, 0.4) is 0 Å². The molecule has 4 nitrogen and oxygen atoms in total. The molecule has 0 amide bonds. The van der Waals surface area contributed by atoms with Crippen molar-refractivity contribution in [2.75, 3.05) is 0 Å². The summed E-state index contributed by atoms with van der Waals surface area (Å²) in [6.45, 7) is 16.5. The molecule has 4 heteroatoms. The Morgan fingerprint density at radius 2 is 1.43 bits per heavy atom. The molecule has 2 aromatic heterocycles. The zero-order chi connectivity index (χ0) is 19.7. The second-order valence-corrected chi connectivity index (χ2v) is 11.7. The lowest BCUT2D eigenvalue weighted by atomic mass is 9.69. The predicted octanol–water partition coefficient (Wildman–Crippen LogP) is 5.13. The van der Waals surface area contributed by atoms with Crippen LogP contribution in [-0.4, -0.2) is 19.6 Å². The van der Waals surface area contributed by atoms with Crippen molar-refractivity contribution in [2.45, 2.75) is 103 Å². The molecule has 0 saturated heterocycles. The Hall–Kier alpha value is -1.58. The fourth-order valence-corrected chi connectivity index (χ4v) is 7.60. The van der Waals surface area contributed by atoms with Crippen LogP contribution in [0.5, 0.6) is 0 Å². The van der Waals surface area contributed by atoms with Gasteiger partial charge in [0.25, 0.3) is 0 Å². The summed E-state index contributed by atoms with van der Waals surface area (Å²) in [7, 11) is 0. The summed E-state index contributed by atoms with van der Waals surface area (Å²) >= 11 is 0. The molecule has 4 bridgehead atoms. The maximum Gasteiger partial charge on any atom is 0.0724 e. The second-order valence-electron chi connectivity index (χ2n) is 11.7. The van der Waals surface area contributed by atoms with E-state index in [1.807, 2.05) is 0 Å². The van der Waals surface area contributed by atoms with E-state index in [1.54, 1.807) is 0 Å². The second kappa shape index (κ2) is 4.76. The van der Waals surface area contributed by atoms with Gasteiger partial charge in [-0.1, -0.05) is 41.5 Å². The van der Waals surface area contributed by atoms with Crippen molar-refractivity contribution in [1.29, 1.82) is 0 Å². The van der Waals surface area contributed by atoms with Gasteiger partial charge in [-0.15, -0.1) is 0 Å². The third kappa shape index (κ3) is 1.68. The first-order valence-electron chi connectivity index (χ1n) is 11.3. The molecule has 0 spiro atoms. The lowest BCUT2D eigenvalue weighted by Gasteiger charge is -2.35. The van der Waals surface area contributed by atoms with Gasteiger partial charge in [0.1, 0.15) is 0 Å². The van der Waals surface area contributed by atoms with Gasteiger partial charge in [0.2, 0.25) is 0 Å². The number of aromatic nitrogens is 4. The Balaban J connectivity index is 1.24. The SMILES string of the molecule is CC1(C)[C@@H]2CC[C@@]1(C)c1cn(CCn3cc4c(n3)[C@@]3(C)CC[C@@H]4C3(C)C)nc12. The lowest BCUT2D eigenvalue weighted by molar-refractivity contribution is 0.222. The minimum absolute atomic E-state index is 0.254. The van der Waals surface area contributed by atoms with Gasteiger partial charge in [-0.25, -0.2) is 0 Å². The molecule has 0 aromatic carbocycles. The average Bonchev–Trinajstić information content (AvgIpc) is 3.37. The molecule has 0 aliphatic heterocycles. The highest BCUT2D eigenvalue weighted by Crippen LogP contribution is 2.68. The van der Waals surface area contributed by atoms with Crippen LogP contribution in [0.1, 0.15) is 102 Å². The molecule has 0 radical (unpaired) electrons. The summed E-state index contributed by atoms with van der Waals surface area (Å²) in [6.07, 6.45) is 9.92. The van der Waals surface area contributed by atoms with E-state index < -0.39 is 0 Å². The molecule has 4 atom stereocenters. The first-order valence-corrected chi connectivity index (χ1v) is 11.3. The van der Waals surface area contributed by atoms with E-state index in [0.29, 0.717) is 28.1 Å². The van der Waals surface area contributed by atoms with Gasteiger partial charge in [-0.2, -0.15) is 10.2 Å². The van der Waals surface area contributed by atoms with Gasteiger partial charge in [0.05, 0.1) is 24.5 Å². The van der Waals surface area contributed by atoms with Crippen molar-refractivity contribution in [3.8, 4) is 0 Å². The largest absolute Gasteiger partial charge is 0.270 e. The van der Waals surface area contributed by atoms with Crippen molar-refractivity contribution >= 4 is 0 Å². The third-order valence-electron chi connectivity index (χ3n) is 10.4. The van der Waals surface area contributed by atoms with E-state index in [4.69, 9.17) is 10.2 Å². The Labute approximate surface area is 168 Å². The Kier molecular flexibility index (Phi) is 2.94. The summed E-state index contributed by atoms with van der Waals surface area (Å²) in [5.74, 6) is 1.33. The molecule has 0 N–H and O–H groups in total. The van der Waals surface area contributed by atoms with Gasteiger partial charge >= 0.3 is 0 Å². The van der Waals surface area contributed by atoms with E-state index in [2.05, 4.69) is 63.3 Å². The molecule has 2 saturated carbocycles. The van der Waals surface area contributed by atoms with Crippen LogP contribution in [0.4, 0.5) is 0 Å². The summed E-state index contributed by atoms with van der Waals surface area (Å²) in [5, 5.41) is 10.1. The van der Waals surface area contributed by atoms with Crippen LogP contribution in [-0.2, 0) is 23.9 Å². The predicted molar refractivity (Wildman–Crippen MR) is 111 cm³/mol. The molecule has 28 heavy (non-hydrogen) atoms. The molecule has 4 aliphatic rings. The highest BCUT2D eigenvalue weighted by Gasteiger charge is 2.62. The summed E-state index contributed by atoms with van der Waals surface area (Å²) < 4.78 is 4.40. The van der Waals surface area contributed by atoms with Crippen molar-refractivity contribution in [3.05, 3.63) is 34.9 Å². The number of fused-ring (bicyclic) bond motifs is 10. The van der Waals surface area contributed by atoms with Gasteiger partial charge in [-0.05, 0) is 48.0 Å². The molecule has 2 fully saturated rings. The van der Waals surface area contributed by atoms with Crippen LogP contribution in [0.15, 0.2) is 12.4 Å². The smallest absolute Gasteiger partial charge is 0.0724 e. The average molecular weight is 379 g/mol. The zero-order valence-electron chi connectivity index (χ0n) is 18.3. The van der Waals surface area contributed by atoms with Crippen molar-refractivity contribution in [1.82, 2.24) is 19.6 Å². The van der Waals surface area contributed by atoms with E-state index in [1.165, 1.54) is 48.2 Å². The van der Waals surface area contributed by atoms with Gasteiger partial charge in [0, 0.05) is 34.7 Å². The van der Waals surface area contributed by atoms with Crippen LogP contribution < -0.4 is 0 Å². The standard InChI is InChI=1S/C24H34N4/c1-21(2)16-7-10-24(21,6)20-15(16)13-27(26-20)11-12-28-14-18-19(25-28)17-8-9-23(18,5)22(17,3)4/h13-14,16-17H,7-12H2,1-6H3/t16-,17+,23-,24+/m0/s1. The van der Waals surface area contributed by atoms with E-state index in [-0.39, 0.29) is 5.41 Å². The molecule has 4 aliphatic carbocycles. The highest BCUT2D eigenvalue weighted by molar-refractivity contribution is 5.45. The van der Waals surface area contributed by atoms with Crippen molar-refractivity contribution in [3.63, 3.8) is 0 Å². The minimum Gasteiger partial charge on any atom is -0.270 e. The monoisotopic (exact) mass is 378 g/mol. The van der Waals surface area contributed by atoms with Crippen molar-refractivity contribution < 1.29 is 0 Å². The lowest BCUT2D eigenvalue weighted by Crippen LogP contribution is -2.32. The Morgan fingerprint density at radius 3 is 2.11 bits per heavy atom. The number of hydrogen-bond donors (Lipinski definition) is 0. The summed E-state index contributed by atoms with van der Waals surface area (Å²) in [5.41, 5.74) is 7.07. The Morgan fingerprint density at radius 1 is 0.821 bits per heavy atom. The molecule has 150 valence electrons. The normalized spacial score (nSPS) is 38.2. The molecule has 0 unspecified atom stereocenters. The maximum absolute atomic E-state index is 5.07. The molecular weight excluding hydrogens is 344 g/mol. The minimum atomic E-state index is 0.254. The quantitative estimate of drug-likeness (QED) is 0.742. The van der Waals surface area contributed by atoms with Crippen LogP contribution in [0.25, 0.3) is 0 Å². The van der Waals surface area contributed by atoms with Gasteiger partial charge in [-0.3, -0.25) is 9.36 Å². The van der Waals surface area contributed by atoms with Crippen LogP contribution in [0, 0.1) is 10.8 Å². The molecule has 6 rings (SSSR count). The van der Waals surface area contributed by atoms with Gasteiger partial charge < -0.3 is 0 Å². The van der Waals surface area contributed by atoms with Crippen LogP contribution in [0.2, 0.25) is 0 Å².